The van der Waals surface area contributed by atoms with Crippen LogP contribution in [0.5, 0.6) is 0 Å². The summed E-state index contributed by atoms with van der Waals surface area (Å²) in [5, 5.41) is 3.65. The molecule has 6 heavy (non-hydrogen) atoms. The predicted molar refractivity (Wildman–Crippen MR) is 25.3 cm³/mol. The average Bonchev–Trinajstić information content (AvgIpc) is 1.86. The average molecular weight is 99.1 g/mol. The van der Waals surface area contributed by atoms with Crippen LogP contribution in [-0.2, 0) is 12.4 Å². The summed E-state index contributed by atoms with van der Waals surface area (Å²) >= 11 is 4.55. The molecule has 0 saturated heterocycles. The fourth-order valence-electron chi connectivity index (χ4n) is 0.255. The number of hydrogen-bond acceptors (Lipinski definition) is 1. The summed E-state index contributed by atoms with van der Waals surface area (Å²) in [6, 6.07) is 0. The molecule has 0 radical (unpaired) electrons. The third kappa shape index (κ3) is 0.490. The minimum atomic E-state index is 1.33. The number of hydrogen-bond donors (Lipinski definition) is 0. The Morgan fingerprint density at radius 2 is 2.50 bits per heavy atom. The maximum atomic E-state index is 4.55. The number of nitrogens with zero attached hydrogens (tertiary/aromatic N) is 2. The van der Waals surface area contributed by atoms with E-state index in [1.165, 1.54) is 4.05 Å². The third-order valence-corrected chi connectivity index (χ3v) is 0.696. The largest absolute Gasteiger partial charge is 0.306 e. The van der Waals surface area contributed by atoms with Crippen molar-refractivity contribution in [1.29, 1.82) is 0 Å². The van der Waals surface area contributed by atoms with E-state index < -0.39 is 0 Å². The van der Waals surface area contributed by atoms with Gasteiger partial charge in [-0.1, -0.05) is 0 Å². The molecule has 30 valence electrons. The van der Waals surface area contributed by atoms with Crippen molar-refractivity contribution in [2.45, 2.75) is 0 Å². The van der Waals surface area contributed by atoms with Crippen molar-refractivity contribution >= 4 is 18.6 Å². The molecule has 0 aliphatic carbocycles. The van der Waals surface area contributed by atoms with Crippen LogP contribution in [0.15, 0.2) is 17.4 Å². The molecule has 1 heterocycles. The van der Waals surface area contributed by atoms with E-state index in [1.54, 1.807) is 18.5 Å². The molecular weight excluding hydrogens is 96.1 g/mol. The monoisotopic (exact) mass is 99.0 g/mol. The zero-order valence-corrected chi connectivity index (χ0v) is 3.85. The molecule has 1 rings (SSSR count). The second-order valence-corrected chi connectivity index (χ2v) is 1.28. The van der Waals surface area contributed by atoms with Gasteiger partial charge >= 0.3 is 12.4 Å². The molecule has 0 bridgehead atoms. The second kappa shape index (κ2) is 1.26. The molecule has 2 nitrogen and oxygen atoms in total. The highest BCUT2D eigenvalue weighted by Gasteiger charge is 1.94. The van der Waals surface area contributed by atoms with Gasteiger partial charge in [-0.2, -0.15) is 0 Å². The highest BCUT2D eigenvalue weighted by Crippen LogP contribution is 1.82. The molecule has 0 aromatic heterocycles. The summed E-state index contributed by atoms with van der Waals surface area (Å²) in [7, 11) is 0. The topological polar surface area (TPSA) is 15.4 Å². The summed E-state index contributed by atoms with van der Waals surface area (Å²) in [5.74, 6) is 0. The van der Waals surface area contributed by atoms with Gasteiger partial charge in [0.05, 0.1) is 0 Å². The maximum absolute atomic E-state index is 4.55. The molecule has 0 aromatic rings. The highest BCUT2D eigenvalue weighted by atomic mass is 32.1. The van der Waals surface area contributed by atoms with E-state index in [0.29, 0.717) is 0 Å². The van der Waals surface area contributed by atoms with Crippen LogP contribution in [0.1, 0.15) is 0 Å². The van der Waals surface area contributed by atoms with Gasteiger partial charge in [-0.15, -0.1) is 0 Å². The first-order valence-corrected chi connectivity index (χ1v) is 1.93. The smallest absolute Gasteiger partial charge is 0.0127 e. The zero-order chi connectivity index (χ0) is 4.41. The molecule has 3 heteroatoms. The predicted octanol–water partition coefficient (Wildman–Crippen LogP) is 0.242. The molecular formula is C3H3N2S+. The summed E-state index contributed by atoms with van der Waals surface area (Å²) in [6.45, 7) is 0. The molecule has 0 unspecified atom stereocenters. The van der Waals surface area contributed by atoms with E-state index in [9.17, 15) is 0 Å². The second-order valence-electron chi connectivity index (χ2n) is 0.909. The van der Waals surface area contributed by atoms with Gasteiger partial charge in [-0.25, -0.2) is 0 Å². The van der Waals surface area contributed by atoms with Gasteiger partial charge in [0.1, 0.15) is 6.21 Å². The van der Waals surface area contributed by atoms with E-state index in [-0.39, 0.29) is 0 Å². The van der Waals surface area contributed by atoms with Crippen LogP contribution in [0.4, 0.5) is 0 Å². The standard InChI is InChI=1S/C3H3N2S/c6-5-3-1-2-4-5/h1-3H/q+1. The van der Waals surface area contributed by atoms with Crippen molar-refractivity contribution in [2.75, 3.05) is 0 Å². The number of hydrazone groups is 1. The molecule has 0 fully saturated rings. The first kappa shape index (κ1) is 3.61. The van der Waals surface area contributed by atoms with E-state index >= 15 is 0 Å². The van der Waals surface area contributed by atoms with Gasteiger partial charge in [-0.3, -0.25) is 0 Å². The van der Waals surface area contributed by atoms with Crippen LogP contribution in [0.3, 0.4) is 0 Å². The van der Waals surface area contributed by atoms with E-state index in [0.717, 1.165) is 0 Å². The van der Waals surface area contributed by atoms with Crippen molar-refractivity contribution in [3.8, 4) is 0 Å². The van der Waals surface area contributed by atoms with Crippen LogP contribution in [0.2, 0.25) is 0 Å². The zero-order valence-electron chi connectivity index (χ0n) is 3.03. The maximum Gasteiger partial charge on any atom is 0.306 e. The van der Waals surface area contributed by atoms with Crippen LogP contribution in [0, 0.1) is 0 Å². The van der Waals surface area contributed by atoms with Crippen molar-refractivity contribution in [1.82, 2.24) is 0 Å². The van der Waals surface area contributed by atoms with E-state index in [2.05, 4.69) is 17.5 Å². The Kier molecular flexibility index (Phi) is 0.759. The molecule has 0 spiro atoms. The third-order valence-electron chi connectivity index (χ3n) is 0.480. The lowest BCUT2D eigenvalue weighted by Gasteiger charge is -1.58. The molecule has 0 saturated carbocycles. The van der Waals surface area contributed by atoms with Crippen LogP contribution >= 0.6 is 0 Å². The Hall–Kier alpha value is -0.570. The molecule has 0 N–H and O–H groups in total. The molecule has 1 aliphatic heterocycles. The van der Waals surface area contributed by atoms with E-state index in [4.69, 9.17) is 0 Å². The summed E-state index contributed by atoms with van der Waals surface area (Å²) in [6.07, 6.45) is 5.13. The fourth-order valence-corrected chi connectivity index (χ4v) is 0.380. The molecule has 1 aliphatic rings. The van der Waals surface area contributed by atoms with Gasteiger partial charge in [-0.05, 0) is 0 Å². The van der Waals surface area contributed by atoms with Crippen LogP contribution in [-0.4, -0.2) is 10.3 Å². The molecule has 0 amide bonds. The Balaban J connectivity index is 2.86. The molecule has 0 aromatic carbocycles. The fraction of sp³-hybridized carbons (Fsp3) is 0. The Morgan fingerprint density at radius 3 is 2.67 bits per heavy atom. The number of rotatable bonds is 0. The molecule has 0 atom stereocenters. The Labute approximate surface area is 40.9 Å². The SMILES string of the molecule is S=[N+]1C=CC=N1. The van der Waals surface area contributed by atoms with Crippen LogP contribution < -0.4 is 0 Å². The van der Waals surface area contributed by atoms with Crippen molar-refractivity contribution in [2.24, 2.45) is 5.10 Å². The summed E-state index contributed by atoms with van der Waals surface area (Å²) < 4.78 is 1.33. The first-order valence-electron chi connectivity index (χ1n) is 1.57. The minimum absolute atomic E-state index is 1.33. The summed E-state index contributed by atoms with van der Waals surface area (Å²) in [5.41, 5.74) is 0. The Bertz CT molecular complexity index is 111. The van der Waals surface area contributed by atoms with Gasteiger partial charge in [0.25, 0.3) is 0 Å². The van der Waals surface area contributed by atoms with Crippen LogP contribution in [0.25, 0.3) is 0 Å². The van der Waals surface area contributed by atoms with Crippen molar-refractivity contribution in [3.05, 3.63) is 12.3 Å². The summed E-state index contributed by atoms with van der Waals surface area (Å²) in [4.78, 5) is 0. The van der Waals surface area contributed by atoms with Crippen molar-refractivity contribution < 1.29 is 4.05 Å². The lowest BCUT2D eigenvalue weighted by molar-refractivity contribution is -0.424. The number of allylic oxidation sites excluding steroid dienone is 1. The minimum Gasteiger partial charge on any atom is 0.0127 e. The first-order chi connectivity index (χ1) is 2.89. The Morgan fingerprint density at radius 1 is 1.67 bits per heavy atom. The lowest BCUT2D eigenvalue weighted by atomic mass is 10.7. The van der Waals surface area contributed by atoms with Gasteiger partial charge in [0.15, 0.2) is 0 Å². The van der Waals surface area contributed by atoms with Gasteiger partial charge in [0.2, 0.25) is 6.20 Å². The van der Waals surface area contributed by atoms with Gasteiger partial charge in [0, 0.05) is 15.2 Å². The highest BCUT2D eigenvalue weighted by molar-refractivity contribution is 7.44. The quantitative estimate of drug-likeness (QED) is 0.397. The van der Waals surface area contributed by atoms with Gasteiger partial charge < -0.3 is 0 Å². The lowest BCUT2D eigenvalue weighted by Crippen LogP contribution is -1.77. The van der Waals surface area contributed by atoms with Crippen molar-refractivity contribution in [3.63, 3.8) is 0 Å². The normalized spacial score (nSPS) is 17.0. The van der Waals surface area contributed by atoms with E-state index in [1.807, 2.05) is 0 Å².